The first-order valence-electron chi connectivity index (χ1n) is 7.26. The van der Waals surface area contributed by atoms with E-state index in [0.29, 0.717) is 6.54 Å². The van der Waals surface area contributed by atoms with E-state index in [1.165, 1.54) is 10.4 Å². The van der Waals surface area contributed by atoms with Crippen molar-refractivity contribution in [2.45, 2.75) is 32.5 Å². The van der Waals surface area contributed by atoms with Gasteiger partial charge in [-0.3, -0.25) is 9.48 Å². The van der Waals surface area contributed by atoms with Gasteiger partial charge in [0.15, 0.2) is 0 Å². The first kappa shape index (κ1) is 14.3. The Morgan fingerprint density at radius 3 is 3.29 bits per heavy atom. The summed E-state index contributed by atoms with van der Waals surface area (Å²) in [6, 6.07) is 4.26. The van der Waals surface area contributed by atoms with Crippen molar-refractivity contribution in [3.8, 4) is 0 Å². The van der Waals surface area contributed by atoms with Crippen LogP contribution in [-0.4, -0.2) is 39.7 Å². The number of amides is 1. The average Bonchev–Trinajstić information content (AvgIpc) is 3.14. The molecule has 0 saturated heterocycles. The highest BCUT2D eigenvalue weighted by Gasteiger charge is 2.21. The van der Waals surface area contributed by atoms with E-state index in [1.54, 1.807) is 17.5 Å². The maximum atomic E-state index is 12.3. The van der Waals surface area contributed by atoms with Crippen LogP contribution in [0.4, 0.5) is 0 Å². The van der Waals surface area contributed by atoms with E-state index in [1.807, 2.05) is 21.8 Å². The van der Waals surface area contributed by atoms with Crippen molar-refractivity contribution in [2.75, 3.05) is 13.1 Å². The van der Waals surface area contributed by atoms with E-state index in [4.69, 9.17) is 0 Å². The van der Waals surface area contributed by atoms with Crippen LogP contribution in [0.2, 0.25) is 0 Å². The molecule has 0 spiro atoms. The van der Waals surface area contributed by atoms with Crippen LogP contribution in [0.15, 0.2) is 29.9 Å². The lowest BCUT2D eigenvalue weighted by Gasteiger charge is -2.27. The molecule has 3 rings (SSSR count). The molecule has 5 nitrogen and oxygen atoms in total. The summed E-state index contributed by atoms with van der Waals surface area (Å²) in [6.07, 6.45) is 4.69. The largest absolute Gasteiger partial charge is 0.337 e. The van der Waals surface area contributed by atoms with Crippen LogP contribution >= 0.6 is 11.3 Å². The second-order valence-corrected chi connectivity index (χ2v) is 6.45. The fourth-order valence-electron chi connectivity index (χ4n) is 2.59. The Morgan fingerprint density at radius 1 is 1.57 bits per heavy atom. The monoisotopic (exact) mass is 304 g/mol. The second-order valence-electron chi connectivity index (χ2n) is 5.44. The first-order valence-corrected chi connectivity index (χ1v) is 8.14. The molecule has 0 fully saturated rings. The summed E-state index contributed by atoms with van der Waals surface area (Å²) in [5.74, 6) is 0.180. The molecule has 1 aliphatic rings. The Kier molecular flexibility index (Phi) is 4.36. The molecule has 0 radical (unpaired) electrons. The number of thiophene rings is 1. The summed E-state index contributed by atoms with van der Waals surface area (Å²) < 4.78 is 1.88. The molecule has 0 unspecified atom stereocenters. The van der Waals surface area contributed by atoms with Gasteiger partial charge in [0.1, 0.15) is 0 Å². The van der Waals surface area contributed by atoms with Gasteiger partial charge in [-0.25, -0.2) is 0 Å². The van der Waals surface area contributed by atoms with Crippen molar-refractivity contribution in [1.29, 1.82) is 0 Å². The van der Waals surface area contributed by atoms with Crippen molar-refractivity contribution < 1.29 is 4.79 Å². The van der Waals surface area contributed by atoms with Gasteiger partial charge in [-0.1, -0.05) is 0 Å². The van der Waals surface area contributed by atoms with Crippen LogP contribution in [0.25, 0.3) is 0 Å². The van der Waals surface area contributed by atoms with Gasteiger partial charge in [-0.2, -0.15) is 5.10 Å². The second kappa shape index (κ2) is 6.41. The molecule has 1 N–H and O–H groups in total. The van der Waals surface area contributed by atoms with Gasteiger partial charge in [0.2, 0.25) is 5.91 Å². The highest BCUT2D eigenvalue weighted by Crippen LogP contribution is 2.23. The molecule has 1 amide bonds. The van der Waals surface area contributed by atoms with Gasteiger partial charge in [-0.15, -0.1) is 11.3 Å². The summed E-state index contributed by atoms with van der Waals surface area (Å²) in [6.45, 7) is 4.83. The van der Waals surface area contributed by atoms with E-state index in [-0.39, 0.29) is 11.9 Å². The van der Waals surface area contributed by atoms with E-state index in [2.05, 4.69) is 28.8 Å². The summed E-state index contributed by atoms with van der Waals surface area (Å²) in [5.41, 5.74) is 1.31. The average molecular weight is 304 g/mol. The van der Waals surface area contributed by atoms with Crippen LogP contribution in [0.1, 0.15) is 17.4 Å². The molecule has 0 saturated carbocycles. The Morgan fingerprint density at radius 2 is 2.48 bits per heavy atom. The third kappa shape index (κ3) is 3.51. The predicted molar refractivity (Wildman–Crippen MR) is 83.1 cm³/mol. The van der Waals surface area contributed by atoms with Crippen LogP contribution < -0.4 is 5.32 Å². The third-order valence-electron chi connectivity index (χ3n) is 3.78. The minimum Gasteiger partial charge on any atom is -0.337 e. The summed E-state index contributed by atoms with van der Waals surface area (Å²) >= 11 is 1.80. The van der Waals surface area contributed by atoms with Gasteiger partial charge in [-0.05, 0) is 36.4 Å². The zero-order valence-electron chi connectivity index (χ0n) is 12.2. The number of rotatable bonds is 5. The van der Waals surface area contributed by atoms with Gasteiger partial charge in [0, 0.05) is 36.4 Å². The Bertz CT molecular complexity index is 593. The van der Waals surface area contributed by atoms with E-state index in [0.717, 1.165) is 26.1 Å². The SMILES string of the molecule is C[C@@H](Cn1cccn1)NCC(=O)N1CCc2sccc2C1. The molecular weight excluding hydrogens is 284 g/mol. The molecular formula is C15H20N4OS. The lowest BCUT2D eigenvalue weighted by atomic mass is 10.1. The van der Waals surface area contributed by atoms with E-state index >= 15 is 0 Å². The number of hydrogen-bond acceptors (Lipinski definition) is 4. The van der Waals surface area contributed by atoms with Crippen molar-refractivity contribution in [1.82, 2.24) is 20.0 Å². The number of nitrogens with zero attached hydrogens (tertiary/aromatic N) is 3. The molecule has 1 atom stereocenters. The third-order valence-corrected chi connectivity index (χ3v) is 4.81. The fourth-order valence-corrected chi connectivity index (χ4v) is 3.48. The predicted octanol–water partition coefficient (Wildman–Crippen LogP) is 1.51. The lowest BCUT2D eigenvalue weighted by molar-refractivity contribution is -0.131. The fraction of sp³-hybridized carbons (Fsp3) is 0.467. The molecule has 6 heteroatoms. The van der Waals surface area contributed by atoms with Gasteiger partial charge in [0.25, 0.3) is 0 Å². The molecule has 112 valence electrons. The summed E-state index contributed by atoms with van der Waals surface area (Å²) in [4.78, 5) is 15.7. The van der Waals surface area contributed by atoms with Crippen molar-refractivity contribution in [2.24, 2.45) is 0 Å². The lowest BCUT2D eigenvalue weighted by Crippen LogP contribution is -2.43. The zero-order valence-corrected chi connectivity index (χ0v) is 13.0. The van der Waals surface area contributed by atoms with Crippen LogP contribution in [-0.2, 0) is 24.3 Å². The maximum Gasteiger partial charge on any atom is 0.236 e. The summed E-state index contributed by atoms with van der Waals surface area (Å²) in [7, 11) is 0. The molecule has 0 aromatic carbocycles. The molecule has 0 aliphatic carbocycles. The Labute approximate surface area is 128 Å². The normalized spacial score (nSPS) is 15.8. The van der Waals surface area contributed by atoms with Crippen LogP contribution in [0.5, 0.6) is 0 Å². The molecule has 1 aliphatic heterocycles. The molecule has 21 heavy (non-hydrogen) atoms. The smallest absolute Gasteiger partial charge is 0.236 e. The molecule has 2 aromatic heterocycles. The highest BCUT2D eigenvalue weighted by atomic mass is 32.1. The van der Waals surface area contributed by atoms with E-state index in [9.17, 15) is 4.79 Å². The van der Waals surface area contributed by atoms with Gasteiger partial charge < -0.3 is 10.2 Å². The zero-order chi connectivity index (χ0) is 14.7. The highest BCUT2D eigenvalue weighted by molar-refractivity contribution is 7.10. The van der Waals surface area contributed by atoms with Crippen molar-refractivity contribution >= 4 is 17.2 Å². The number of hydrogen-bond donors (Lipinski definition) is 1. The number of aromatic nitrogens is 2. The number of carbonyl (C=O) groups excluding carboxylic acids is 1. The van der Waals surface area contributed by atoms with Gasteiger partial charge in [0.05, 0.1) is 13.1 Å². The van der Waals surface area contributed by atoms with Crippen molar-refractivity contribution in [3.05, 3.63) is 40.3 Å². The Hall–Kier alpha value is -1.66. The standard InChI is InChI=1S/C15H20N4OS/c1-12(10-19-6-2-5-17-19)16-9-15(20)18-7-3-14-13(11-18)4-8-21-14/h2,4-6,8,12,16H,3,7,9-11H2,1H3/t12-/m0/s1. The molecule has 2 aromatic rings. The minimum atomic E-state index is 0.180. The minimum absolute atomic E-state index is 0.180. The number of fused-ring (bicyclic) bond motifs is 1. The van der Waals surface area contributed by atoms with Crippen LogP contribution in [0.3, 0.4) is 0 Å². The topological polar surface area (TPSA) is 50.2 Å². The first-order chi connectivity index (χ1) is 10.2. The molecule has 3 heterocycles. The summed E-state index contributed by atoms with van der Waals surface area (Å²) in [5, 5.41) is 9.58. The van der Waals surface area contributed by atoms with Crippen molar-refractivity contribution in [3.63, 3.8) is 0 Å². The Balaban J connectivity index is 1.46. The number of nitrogens with one attached hydrogen (secondary N) is 1. The quantitative estimate of drug-likeness (QED) is 0.911. The number of carbonyl (C=O) groups is 1. The van der Waals surface area contributed by atoms with E-state index < -0.39 is 0 Å². The van der Waals surface area contributed by atoms with Crippen LogP contribution in [0, 0.1) is 0 Å². The van der Waals surface area contributed by atoms with Gasteiger partial charge >= 0.3 is 0 Å². The molecule has 0 bridgehead atoms. The maximum absolute atomic E-state index is 12.3.